The SMILES string of the molecule is CCCCC/C=C\C/C=C\C/C=C\C/C=C\CCCCCC(=O)OC[C@@H](COC(=O)CCCCCCCCCCCCCCCCCCC)OC(=O)CCCCCC/C=C\C/C=C\C/C=C\CCCCC. The average Bonchev–Trinajstić information content (AvgIpc) is 3.37. The van der Waals surface area contributed by atoms with Crippen LogP contribution in [0.5, 0.6) is 0 Å². The molecule has 408 valence electrons. The molecule has 1 atom stereocenters. The summed E-state index contributed by atoms with van der Waals surface area (Å²) in [6.45, 7) is 6.56. The van der Waals surface area contributed by atoms with Crippen LogP contribution in [-0.4, -0.2) is 37.2 Å². The Kier molecular flexibility index (Phi) is 56.3. The quantitative estimate of drug-likeness (QED) is 0.0261. The molecule has 0 N–H and O–H groups in total. The zero-order valence-corrected chi connectivity index (χ0v) is 46.7. The molecule has 0 bridgehead atoms. The van der Waals surface area contributed by atoms with Crippen molar-refractivity contribution in [3.8, 4) is 0 Å². The number of carbonyl (C=O) groups is 3. The minimum absolute atomic E-state index is 0.0941. The fourth-order valence-corrected chi connectivity index (χ4v) is 8.32. The van der Waals surface area contributed by atoms with Crippen molar-refractivity contribution >= 4 is 17.9 Å². The molecule has 0 fully saturated rings. The molecule has 71 heavy (non-hydrogen) atoms. The summed E-state index contributed by atoms with van der Waals surface area (Å²) in [6, 6.07) is 0. The summed E-state index contributed by atoms with van der Waals surface area (Å²) in [5, 5.41) is 0. The second-order valence-corrected chi connectivity index (χ2v) is 19.9. The zero-order chi connectivity index (χ0) is 51.4. The smallest absolute Gasteiger partial charge is 0.306 e. The van der Waals surface area contributed by atoms with E-state index in [-0.39, 0.29) is 31.1 Å². The van der Waals surface area contributed by atoms with Crippen LogP contribution < -0.4 is 0 Å². The Morgan fingerprint density at radius 2 is 0.507 bits per heavy atom. The van der Waals surface area contributed by atoms with Crippen LogP contribution in [0.2, 0.25) is 0 Å². The van der Waals surface area contributed by atoms with Crippen LogP contribution in [0.25, 0.3) is 0 Å². The number of unbranched alkanes of at least 4 members (excludes halogenated alkanes) is 29. The lowest BCUT2D eigenvalue weighted by molar-refractivity contribution is -0.167. The summed E-state index contributed by atoms with van der Waals surface area (Å²) in [7, 11) is 0. The molecule has 0 amide bonds. The van der Waals surface area contributed by atoms with E-state index < -0.39 is 6.10 Å². The maximum absolute atomic E-state index is 12.9. The number of allylic oxidation sites excluding steroid dienone is 14. The van der Waals surface area contributed by atoms with E-state index in [4.69, 9.17) is 14.2 Å². The lowest BCUT2D eigenvalue weighted by atomic mass is 10.0. The van der Waals surface area contributed by atoms with Gasteiger partial charge in [0, 0.05) is 19.3 Å². The molecule has 0 aromatic heterocycles. The van der Waals surface area contributed by atoms with Gasteiger partial charge in [0.25, 0.3) is 0 Å². The van der Waals surface area contributed by atoms with E-state index in [1.165, 1.54) is 141 Å². The van der Waals surface area contributed by atoms with E-state index in [2.05, 4.69) is 106 Å². The van der Waals surface area contributed by atoms with Gasteiger partial charge in [0.05, 0.1) is 0 Å². The summed E-state index contributed by atoms with van der Waals surface area (Å²) in [5.74, 6) is -0.938. The Morgan fingerprint density at radius 3 is 0.831 bits per heavy atom. The third kappa shape index (κ3) is 57.4. The Hall–Kier alpha value is -3.41. The fraction of sp³-hybridized carbons (Fsp3) is 0.738. The fourth-order valence-electron chi connectivity index (χ4n) is 8.32. The second kappa shape index (κ2) is 59.2. The van der Waals surface area contributed by atoms with Crippen LogP contribution in [0.15, 0.2) is 85.1 Å². The maximum Gasteiger partial charge on any atom is 0.306 e. The van der Waals surface area contributed by atoms with Gasteiger partial charge in [0.1, 0.15) is 13.2 Å². The number of ether oxygens (including phenoxy) is 3. The van der Waals surface area contributed by atoms with E-state index in [9.17, 15) is 14.4 Å². The molecular weight excluding hydrogens is 877 g/mol. The van der Waals surface area contributed by atoms with Crippen LogP contribution in [0.4, 0.5) is 0 Å². The van der Waals surface area contributed by atoms with Crippen molar-refractivity contribution in [3.05, 3.63) is 85.1 Å². The van der Waals surface area contributed by atoms with Crippen LogP contribution in [0.1, 0.15) is 290 Å². The van der Waals surface area contributed by atoms with E-state index >= 15 is 0 Å². The number of esters is 3. The van der Waals surface area contributed by atoms with Gasteiger partial charge in [0.2, 0.25) is 0 Å². The average molecular weight is 990 g/mol. The summed E-state index contributed by atoms with van der Waals surface area (Å²) >= 11 is 0. The first kappa shape index (κ1) is 67.6. The topological polar surface area (TPSA) is 78.9 Å². The van der Waals surface area contributed by atoms with E-state index in [0.29, 0.717) is 19.3 Å². The molecule has 6 heteroatoms. The first-order valence-electron chi connectivity index (χ1n) is 30.1. The van der Waals surface area contributed by atoms with Gasteiger partial charge >= 0.3 is 17.9 Å². The lowest BCUT2D eigenvalue weighted by Gasteiger charge is -2.18. The van der Waals surface area contributed by atoms with Gasteiger partial charge in [-0.2, -0.15) is 0 Å². The molecule has 6 nitrogen and oxygen atoms in total. The van der Waals surface area contributed by atoms with Gasteiger partial charge in [-0.05, 0) is 103 Å². The summed E-state index contributed by atoms with van der Waals surface area (Å²) < 4.78 is 16.9. The molecule has 0 aromatic rings. The summed E-state index contributed by atoms with van der Waals surface area (Å²) in [5.41, 5.74) is 0. The zero-order valence-electron chi connectivity index (χ0n) is 46.7. The Bertz CT molecular complexity index is 1370. The van der Waals surface area contributed by atoms with Gasteiger partial charge < -0.3 is 14.2 Å². The van der Waals surface area contributed by atoms with E-state index in [1.807, 2.05) is 0 Å². The van der Waals surface area contributed by atoms with Crippen molar-refractivity contribution in [2.24, 2.45) is 0 Å². The van der Waals surface area contributed by atoms with Gasteiger partial charge in [-0.1, -0.05) is 254 Å². The number of hydrogen-bond acceptors (Lipinski definition) is 6. The Balaban J connectivity index is 4.47. The van der Waals surface area contributed by atoms with Crippen molar-refractivity contribution in [1.29, 1.82) is 0 Å². The predicted octanol–water partition coefficient (Wildman–Crippen LogP) is 20.3. The van der Waals surface area contributed by atoms with Crippen LogP contribution in [0.3, 0.4) is 0 Å². The van der Waals surface area contributed by atoms with Gasteiger partial charge in [-0.3, -0.25) is 14.4 Å². The van der Waals surface area contributed by atoms with Crippen molar-refractivity contribution in [2.45, 2.75) is 297 Å². The molecule has 0 heterocycles. The summed E-state index contributed by atoms with van der Waals surface area (Å²) in [4.78, 5) is 38.2. The first-order valence-corrected chi connectivity index (χ1v) is 30.1. The van der Waals surface area contributed by atoms with Gasteiger partial charge in [0.15, 0.2) is 6.10 Å². The standard InChI is InChI=1S/C65H112O6/c1-4-7-10-13-16-19-22-25-28-31-32-35-37-40-43-46-49-52-55-58-64(67)70-61-62(71-65(68)59-56-53-50-47-44-41-38-34-30-27-24-21-18-15-12-9-6-3)60-69-63(66)57-54-51-48-45-42-39-36-33-29-26-23-20-17-14-11-8-5-2/h16,18-19,21,25,27-28,30,32,35,38,40-41,43,62H,4-15,17,20,22-24,26,29,31,33-34,36-37,39,42,44-61H2,1-3H3/b19-16-,21-18-,28-25-,30-27-,35-32-,41-38-,43-40-/t62-/m1/s1. The molecular formula is C65H112O6. The van der Waals surface area contributed by atoms with Crippen LogP contribution >= 0.6 is 0 Å². The van der Waals surface area contributed by atoms with Crippen molar-refractivity contribution in [3.63, 3.8) is 0 Å². The van der Waals surface area contributed by atoms with E-state index in [0.717, 1.165) is 109 Å². The van der Waals surface area contributed by atoms with E-state index in [1.54, 1.807) is 0 Å². The first-order chi connectivity index (χ1) is 35.0. The third-order valence-electron chi connectivity index (χ3n) is 12.9. The molecule has 0 rings (SSSR count). The minimum atomic E-state index is -0.801. The van der Waals surface area contributed by atoms with Gasteiger partial charge in [-0.25, -0.2) is 0 Å². The largest absolute Gasteiger partial charge is 0.462 e. The number of rotatable bonds is 54. The highest BCUT2D eigenvalue weighted by atomic mass is 16.6. The minimum Gasteiger partial charge on any atom is -0.462 e. The number of carbonyl (C=O) groups excluding carboxylic acids is 3. The normalized spacial score (nSPS) is 12.7. The Morgan fingerprint density at radius 1 is 0.282 bits per heavy atom. The van der Waals surface area contributed by atoms with Crippen molar-refractivity contribution < 1.29 is 28.6 Å². The molecule has 0 aliphatic carbocycles. The highest BCUT2D eigenvalue weighted by molar-refractivity contribution is 5.71. The van der Waals surface area contributed by atoms with Crippen LogP contribution in [-0.2, 0) is 28.6 Å². The molecule has 0 aliphatic heterocycles. The van der Waals surface area contributed by atoms with Gasteiger partial charge in [-0.15, -0.1) is 0 Å². The lowest BCUT2D eigenvalue weighted by Crippen LogP contribution is -2.30. The van der Waals surface area contributed by atoms with Crippen molar-refractivity contribution in [1.82, 2.24) is 0 Å². The second-order valence-electron chi connectivity index (χ2n) is 19.9. The molecule has 0 saturated heterocycles. The van der Waals surface area contributed by atoms with Crippen molar-refractivity contribution in [2.75, 3.05) is 13.2 Å². The molecule has 0 aliphatic rings. The monoisotopic (exact) mass is 989 g/mol. The maximum atomic E-state index is 12.9. The Labute approximate surface area is 439 Å². The molecule has 0 unspecified atom stereocenters. The number of hydrogen-bond donors (Lipinski definition) is 0. The molecule has 0 spiro atoms. The highest BCUT2D eigenvalue weighted by Gasteiger charge is 2.19. The molecule has 0 aromatic carbocycles. The summed E-state index contributed by atoms with van der Waals surface area (Å²) in [6.07, 6.45) is 77.1. The predicted molar refractivity (Wildman–Crippen MR) is 307 cm³/mol. The molecule has 0 radical (unpaired) electrons. The van der Waals surface area contributed by atoms with Crippen LogP contribution in [0, 0.1) is 0 Å². The third-order valence-corrected chi connectivity index (χ3v) is 12.9. The molecule has 0 saturated carbocycles. The highest BCUT2D eigenvalue weighted by Crippen LogP contribution is 2.16.